The third-order valence-electron chi connectivity index (χ3n) is 3.69. The number of amides is 1. The maximum absolute atomic E-state index is 12.4. The average molecular weight is 397 g/mol. The summed E-state index contributed by atoms with van der Waals surface area (Å²) in [6.45, 7) is 1.78. The second-order valence-corrected chi connectivity index (χ2v) is 6.88. The summed E-state index contributed by atoms with van der Waals surface area (Å²) in [4.78, 5) is 29.2. The topological polar surface area (TPSA) is 94.3 Å². The Morgan fingerprint density at radius 3 is 2.61 bits per heavy atom. The monoisotopic (exact) mass is 397 g/mol. The Labute approximate surface area is 166 Å². The van der Waals surface area contributed by atoms with Gasteiger partial charge in [0.25, 0.3) is 5.91 Å². The van der Waals surface area contributed by atoms with Gasteiger partial charge >= 0.3 is 5.97 Å². The van der Waals surface area contributed by atoms with E-state index >= 15 is 0 Å². The number of hydrogen-bond donors (Lipinski definition) is 1. The smallest absolute Gasteiger partial charge is 0.339 e. The van der Waals surface area contributed by atoms with Gasteiger partial charge in [-0.3, -0.25) is 4.79 Å². The van der Waals surface area contributed by atoms with Crippen molar-refractivity contribution in [2.75, 3.05) is 6.61 Å². The number of aryl methyl sites for hydroxylation is 1. The van der Waals surface area contributed by atoms with Crippen LogP contribution in [0.3, 0.4) is 0 Å². The summed E-state index contributed by atoms with van der Waals surface area (Å²) in [7, 11) is 0. The number of nitrogens with one attached hydrogen (secondary N) is 1. The summed E-state index contributed by atoms with van der Waals surface area (Å²) in [5.74, 6) is 0.557. The Kier molecular flexibility index (Phi) is 6.80. The summed E-state index contributed by atoms with van der Waals surface area (Å²) in [6.07, 6.45) is 0. The van der Waals surface area contributed by atoms with Crippen LogP contribution in [0.15, 0.2) is 64.0 Å². The van der Waals surface area contributed by atoms with Crippen molar-refractivity contribution in [3.05, 3.63) is 77.4 Å². The van der Waals surface area contributed by atoms with E-state index in [-0.39, 0.29) is 12.5 Å². The van der Waals surface area contributed by atoms with E-state index in [1.54, 1.807) is 25.1 Å². The highest BCUT2D eigenvalue weighted by atomic mass is 32.2. The minimum atomic E-state index is -0.556. The van der Waals surface area contributed by atoms with Gasteiger partial charge in [0.05, 0.1) is 11.3 Å². The molecule has 1 amide bonds. The van der Waals surface area contributed by atoms with Crippen molar-refractivity contribution in [2.24, 2.45) is 0 Å². The fraction of sp³-hybridized carbons (Fsp3) is 0.200. The Balaban J connectivity index is 1.51. The molecule has 0 aliphatic carbocycles. The van der Waals surface area contributed by atoms with Gasteiger partial charge in [0.1, 0.15) is 0 Å². The molecule has 0 saturated heterocycles. The van der Waals surface area contributed by atoms with E-state index in [0.29, 0.717) is 34.5 Å². The van der Waals surface area contributed by atoms with Crippen LogP contribution in [0, 0.1) is 6.92 Å². The fourth-order valence-corrected chi connectivity index (χ4v) is 3.23. The Bertz CT molecular complexity index is 943. The van der Waals surface area contributed by atoms with Crippen LogP contribution < -0.4 is 5.32 Å². The highest BCUT2D eigenvalue weighted by Crippen LogP contribution is 2.26. The van der Waals surface area contributed by atoms with Crippen LogP contribution in [0.1, 0.15) is 27.6 Å². The summed E-state index contributed by atoms with van der Waals surface area (Å²) in [5.41, 5.74) is 1.36. The molecular formula is C20H19N3O4S. The molecule has 0 bridgehead atoms. The predicted molar refractivity (Wildman–Crippen MR) is 104 cm³/mol. The van der Waals surface area contributed by atoms with Gasteiger partial charge in [-0.05, 0) is 24.6 Å². The number of carbonyl (C=O) groups is 2. The number of ether oxygens (including phenoxy) is 1. The van der Waals surface area contributed by atoms with Crippen LogP contribution in [0.5, 0.6) is 0 Å². The summed E-state index contributed by atoms with van der Waals surface area (Å²) >= 11 is 1.39. The van der Waals surface area contributed by atoms with Crippen molar-refractivity contribution < 1.29 is 18.8 Å². The van der Waals surface area contributed by atoms with E-state index < -0.39 is 5.97 Å². The second-order valence-electron chi connectivity index (χ2n) is 5.86. The quantitative estimate of drug-likeness (QED) is 0.461. The highest BCUT2D eigenvalue weighted by molar-refractivity contribution is 7.98. The molecular weight excluding hydrogens is 378 g/mol. The zero-order chi connectivity index (χ0) is 19.8. The van der Waals surface area contributed by atoms with Crippen molar-refractivity contribution in [1.82, 2.24) is 15.5 Å². The number of benzene rings is 2. The Hall–Kier alpha value is -3.13. The molecule has 0 aliphatic heterocycles. The van der Waals surface area contributed by atoms with Gasteiger partial charge in [-0.2, -0.15) is 4.98 Å². The normalized spacial score (nSPS) is 10.5. The second kappa shape index (κ2) is 9.70. The van der Waals surface area contributed by atoms with E-state index in [1.165, 1.54) is 11.8 Å². The third-order valence-corrected chi connectivity index (χ3v) is 4.75. The van der Waals surface area contributed by atoms with Gasteiger partial charge in [0.2, 0.25) is 5.89 Å². The van der Waals surface area contributed by atoms with Crippen LogP contribution in [-0.4, -0.2) is 28.6 Å². The van der Waals surface area contributed by atoms with Crippen LogP contribution >= 0.6 is 11.8 Å². The molecule has 144 valence electrons. The minimum absolute atomic E-state index is 0.340. The van der Waals surface area contributed by atoms with Crippen molar-refractivity contribution in [2.45, 2.75) is 24.1 Å². The van der Waals surface area contributed by atoms with Crippen LogP contribution in [0.25, 0.3) is 0 Å². The molecule has 2 aromatic carbocycles. The number of nitrogens with zero attached hydrogens (tertiary/aromatic N) is 2. The van der Waals surface area contributed by atoms with Gasteiger partial charge < -0.3 is 14.6 Å². The molecule has 0 unspecified atom stereocenters. The molecule has 0 radical (unpaired) electrons. The van der Waals surface area contributed by atoms with Gasteiger partial charge in [0.15, 0.2) is 12.4 Å². The van der Waals surface area contributed by atoms with E-state index in [1.807, 2.05) is 36.4 Å². The first kappa shape index (κ1) is 19.6. The third kappa shape index (κ3) is 5.68. The number of rotatable bonds is 8. The lowest BCUT2D eigenvalue weighted by Gasteiger charge is -2.09. The predicted octanol–water partition coefficient (Wildman–Crippen LogP) is 3.14. The Morgan fingerprint density at radius 1 is 1.11 bits per heavy atom. The zero-order valence-corrected chi connectivity index (χ0v) is 16.1. The van der Waals surface area contributed by atoms with E-state index in [9.17, 15) is 9.59 Å². The SMILES string of the molecule is Cc1noc(CSc2ccccc2C(=O)OCC(=O)NCc2ccccc2)n1. The van der Waals surface area contributed by atoms with Crippen LogP contribution in [-0.2, 0) is 21.8 Å². The molecule has 0 aliphatic rings. The molecule has 3 aromatic rings. The molecule has 1 heterocycles. The molecule has 3 rings (SSSR count). The molecule has 0 atom stereocenters. The number of carbonyl (C=O) groups excluding carboxylic acids is 2. The van der Waals surface area contributed by atoms with Crippen molar-refractivity contribution >= 4 is 23.6 Å². The average Bonchev–Trinajstić information content (AvgIpc) is 3.15. The number of esters is 1. The summed E-state index contributed by atoms with van der Waals surface area (Å²) in [6, 6.07) is 16.5. The largest absolute Gasteiger partial charge is 0.452 e. The van der Waals surface area contributed by atoms with Gasteiger partial charge in [-0.25, -0.2) is 4.79 Å². The number of hydrogen-bond acceptors (Lipinski definition) is 7. The highest BCUT2D eigenvalue weighted by Gasteiger charge is 2.15. The summed E-state index contributed by atoms with van der Waals surface area (Å²) in [5, 5.41) is 6.46. The lowest BCUT2D eigenvalue weighted by molar-refractivity contribution is -0.124. The van der Waals surface area contributed by atoms with Gasteiger partial charge in [0, 0.05) is 11.4 Å². The van der Waals surface area contributed by atoms with Crippen LogP contribution in [0.2, 0.25) is 0 Å². The first-order chi connectivity index (χ1) is 13.6. The maximum atomic E-state index is 12.4. The van der Waals surface area contributed by atoms with E-state index in [0.717, 1.165) is 5.56 Å². The standard InChI is InChI=1S/C20H19N3O4S/c1-14-22-19(27-23-14)13-28-17-10-6-5-9-16(17)20(25)26-12-18(24)21-11-15-7-3-2-4-8-15/h2-10H,11-13H2,1H3,(H,21,24). The first-order valence-electron chi connectivity index (χ1n) is 8.60. The van der Waals surface area contributed by atoms with E-state index in [2.05, 4.69) is 15.5 Å². The lowest BCUT2D eigenvalue weighted by Crippen LogP contribution is -2.28. The van der Waals surface area contributed by atoms with Gasteiger partial charge in [-0.1, -0.05) is 47.6 Å². The molecule has 7 nitrogen and oxygen atoms in total. The van der Waals surface area contributed by atoms with Crippen molar-refractivity contribution in [3.63, 3.8) is 0 Å². The molecule has 8 heteroatoms. The first-order valence-corrected chi connectivity index (χ1v) is 9.59. The molecule has 28 heavy (non-hydrogen) atoms. The minimum Gasteiger partial charge on any atom is -0.452 e. The molecule has 0 saturated carbocycles. The number of aromatic nitrogens is 2. The van der Waals surface area contributed by atoms with Crippen molar-refractivity contribution in [3.8, 4) is 0 Å². The number of thioether (sulfide) groups is 1. The van der Waals surface area contributed by atoms with Crippen molar-refractivity contribution in [1.29, 1.82) is 0 Å². The Morgan fingerprint density at radius 2 is 1.86 bits per heavy atom. The van der Waals surface area contributed by atoms with Crippen LogP contribution in [0.4, 0.5) is 0 Å². The molecule has 1 aromatic heterocycles. The zero-order valence-electron chi connectivity index (χ0n) is 15.3. The molecule has 0 spiro atoms. The fourth-order valence-electron chi connectivity index (χ4n) is 2.36. The maximum Gasteiger partial charge on any atom is 0.339 e. The summed E-state index contributed by atoms with van der Waals surface area (Å²) < 4.78 is 10.2. The molecule has 1 N–H and O–H groups in total. The lowest BCUT2D eigenvalue weighted by atomic mass is 10.2. The van der Waals surface area contributed by atoms with E-state index in [4.69, 9.17) is 9.26 Å². The molecule has 0 fully saturated rings. The van der Waals surface area contributed by atoms with Gasteiger partial charge in [-0.15, -0.1) is 11.8 Å².